The molecule has 0 aromatic heterocycles. The summed E-state index contributed by atoms with van der Waals surface area (Å²) in [7, 11) is 0. The standard InChI is InChI=1S/C11H16O5/c1-7(2)10(12)14-6-9(5)15-16-11(13)8(3)4/h9H,1,3,6H2,2,4-5H3. The van der Waals surface area contributed by atoms with Crippen LogP contribution in [0.25, 0.3) is 0 Å². The molecule has 0 amide bonds. The molecule has 0 radical (unpaired) electrons. The fourth-order valence-corrected chi connectivity index (χ4v) is 0.541. The van der Waals surface area contributed by atoms with Crippen LogP contribution in [0, 0.1) is 0 Å². The van der Waals surface area contributed by atoms with E-state index in [0.29, 0.717) is 5.57 Å². The van der Waals surface area contributed by atoms with Crippen LogP contribution in [0.5, 0.6) is 0 Å². The Labute approximate surface area is 94.6 Å². The molecule has 0 saturated heterocycles. The molecule has 90 valence electrons. The first-order chi connectivity index (χ1) is 7.34. The fourth-order valence-electron chi connectivity index (χ4n) is 0.541. The molecule has 0 aromatic rings. The van der Waals surface area contributed by atoms with Gasteiger partial charge in [-0.15, -0.1) is 0 Å². The summed E-state index contributed by atoms with van der Waals surface area (Å²) in [4.78, 5) is 31.0. The number of rotatable bonds is 6. The van der Waals surface area contributed by atoms with Crippen LogP contribution in [0.15, 0.2) is 24.3 Å². The van der Waals surface area contributed by atoms with Gasteiger partial charge in [0, 0.05) is 11.1 Å². The Morgan fingerprint density at radius 1 is 1.12 bits per heavy atom. The van der Waals surface area contributed by atoms with E-state index in [0.717, 1.165) is 0 Å². The zero-order valence-electron chi connectivity index (χ0n) is 9.74. The van der Waals surface area contributed by atoms with Gasteiger partial charge in [0.25, 0.3) is 0 Å². The number of esters is 1. The van der Waals surface area contributed by atoms with E-state index in [1.807, 2.05) is 0 Å². The van der Waals surface area contributed by atoms with Crippen LogP contribution in [0.4, 0.5) is 0 Å². The molecule has 5 heteroatoms. The first kappa shape index (κ1) is 14.4. The van der Waals surface area contributed by atoms with Gasteiger partial charge in [0.15, 0.2) is 0 Å². The SMILES string of the molecule is C=C(C)C(=O)OCC(C)OOC(=O)C(=C)C. The molecule has 1 unspecified atom stereocenters. The van der Waals surface area contributed by atoms with Crippen molar-refractivity contribution in [1.29, 1.82) is 0 Å². The summed E-state index contributed by atoms with van der Waals surface area (Å²) in [6.45, 7) is 11.4. The molecule has 0 aliphatic heterocycles. The summed E-state index contributed by atoms with van der Waals surface area (Å²) in [6.07, 6.45) is -0.549. The van der Waals surface area contributed by atoms with Crippen LogP contribution in [0.3, 0.4) is 0 Å². The Morgan fingerprint density at radius 3 is 2.06 bits per heavy atom. The molecule has 0 aliphatic carbocycles. The van der Waals surface area contributed by atoms with E-state index in [1.54, 1.807) is 6.92 Å². The fraction of sp³-hybridized carbons (Fsp3) is 0.455. The van der Waals surface area contributed by atoms with E-state index in [-0.39, 0.29) is 12.2 Å². The molecule has 5 nitrogen and oxygen atoms in total. The number of hydrogen-bond donors (Lipinski definition) is 0. The third kappa shape index (κ3) is 5.98. The third-order valence-electron chi connectivity index (χ3n) is 1.43. The molecule has 1 atom stereocenters. The highest BCUT2D eigenvalue weighted by Crippen LogP contribution is 2.00. The van der Waals surface area contributed by atoms with Crippen molar-refractivity contribution in [3.8, 4) is 0 Å². The minimum Gasteiger partial charge on any atom is -0.459 e. The number of carbonyl (C=O) groups excluding carboxylic acids is 2. The summed E-state index contributed by atoms with van der Waals surface area (Å²) >= 11 is 0. The van der Waals surface area contributed by atoms with E-state index >= 15 is 0 Å². The molecular weight excluding hydrogens is 212 g/mol. The lowest BCUT2D eigenvalue weighted by molar-refractivity contribution is -0.295. The summed E-state index contributed by atoms with van der Waals surface area (Å²) < 4.78 is 4.78. The Kier molecular flexibility index (Phi) is 6.10. The van der Waals surface area contributed by atoms with Crippen LogP contribution in [-0.2, 0) is 24.1 Å². The van der Waals surface area contributed by atoms with Crippen LogP contribution >= 0.6 is 0 Å². The molecule has 0 bridgehead atoms. The molecule has 0 fully saturated rings. The van der Waals surface area contributed by atoms with Gasteiger partial charge in [-0.25, -0.2) is 9.59 Å². The average molecular weight is 228 g/mol. The largest absolute Gasteiger partial charge is 0.459 e. The molecule has 0 spiro atoms. The molecule has 16 heavy (non-hydrogen) atoms. The van der Waals surface area contributed by atoms with Crippen LogP contribution < -0.4 is 0 Å². The van der Waals surface area contributed by atoms with Gasteiger partial charge in [0.1, 0.15) is 12.7 Å². The van der Waals surface area contributed by atoms with Gasteiger partial charge in [-0.1, -0.05) is 13.2 Å². The van der Waals surface area contributed by atoms with E-state index in [9.17, 15) is 9.59 Å². The van der Waals surface area contributed by atoms with E-state index in [2.05, 4.69) is 22.9 Å². The summed E-state index contributed by atoms with van der Waals surface area (Å²) in [5.41, 5.74) is 0.525. The van der Waals surface area contributed by atoms with E-state index in [1.165, 1.54) is 13.8 Å². The van der Waals surface area contributed by atoms with Gasteiger partial charge in [-0.05, 0) is 20.8 Å². The van der Waals surface area contributed by atoms with Crippen LogP contribution in [0.2, 0.25) is 0 Å². The Morgan fingerprint density at radius 2 is 1.62 bits per heavy atom. The van der Waals surface area contributed by atoms with Gasteiger partial charge in [0.05, 0.1) is 0 Å². The molecule has 0 aromatic carbocycles. The maximum atomic E-state index is 11.0. The maximum absolute atomic E-state index is 11.0. The molecule has 0 saturated carbocycles. The second-order valence-corrected chi connectivity index (χ2v) is 3.44. The van der Waals surface area contributed by atoms with Crippen molar-refractivity contribution in [1.82, 2.24) is 0 Å². The predicted molar refractivity (Wildman–Crippen MR) is 57.2 cm³/mol. The number of ether oxygens (including phenoxy) is 1. The van der Waals surface area contributed by atoms with Crippen LogP contribution in [0.1, 0.15) is 20.8 Å². The normalized spacial score (nSPS) is 11.4. The third-order valence-corrected chi connectivity index (χ3v) is 1.43. The quantitative estimate of drug-likeness (QED) is 0.299. The number of hydrogen-bond acceptors (Lipinski definition) is 5. The average Bonchev–Trinajstić information content (AvgIpc) is 2.21. The van der Waals surface area contributed by atoms with Crippen molar-refractivity contribution in [3.05, 3.63) is 24.3 Å². The molecule has 0 aliphatic rings. The smallest absolute Gasteiger partial charge is 0.368 e. The minimum absolute atomic E-state index is 0.0187. The van der Waals surface area contributed by atoms with Crippen molar-refractivity contribution in [3.63, 3.8) is 0 Å². The maximum Gasteiger partial charge on any atom is 0.368 e. The van der Waals surface area contributed by atoms with Crippen LogP contribution in [-0.4, -0.2) is 24.6 Å². The Bertz CT molecular complexity index is 275. The Hall–Kier alpha value is -1.62. The highest BCUT2D eigenvalue weighted by molar-refractivity contribution is 5.87. The molecule has 0 rings (SSSR count). The van der Waals surface area contributed by atoms with Crippen molar-refractivity contribution >= 4 is 11.9 Å². The second kappa shape index (κ2) is 6.79. The van der Waals surface area contributed by atoms with Crippen molar-refractivity contribution < 1.29 is 24.1 Å². The first-order valence-corrected chi connectivity index (χ1v) is 4.70. The topological polar surface area (TPSA) is 61.8 Å². The summed E-state index contributed by atoms with van der Waals surface area (Å²) in [5.74, 6) is -1.17. The highest BCUT2D eigenvalue weighted by atomic mass is 17.2. The highest BCUT2D eigenvalue weighted by Gasteiger charge is 2.12. The Balaban J connectivity index is 3.79. The second-order valence-electron chi connectivity index (χ2n) is 3.44. The lowest BCUT2D eigenvalue weighted by Crippen LogP contribution is -2.21. The van der Waals surface area contributed by atoms with Gasteiger partial charge < -0.3 is 4.74 Å². The summed E-state index contributed by atoms with van der Waals surface area (Å²) in [6, 6.07) is 0. The van der Waals surface area contributed by atoms with E-state index in [4.69, 9.17) is 4.74 Å². The van der Waals surface area contributed by atoms with Gasteiger partial charge in [-0.2, -0.15) is 4.89 Å². The monoisotopic (exact) mass is 228 g/mol. The lowest BCUT2D eigenvalue weighted by Gasteiger charge is -2.11. The van der Waals surface area contributed by atoms with Gasteiger partial charge >= 0.3 is 11.9 Å². The van der Waals surface area contributed by atoms with Gasteiger partial charge in [0.2, 0.25) is 0 Å². The van der Waals surface area contributed by atoms with Crippen molar-refractivity contribution in [2.75, 3.05) is 6.61 Å². The predicted octanol–water partition coefficient (Wildman–Crippen LogP) is 1.55. The zero-order valence-corrected chi connectivity index (χ0v) is 9.74. The lowest BCUT2D eigenvalue weighted by atomic mass is 10.3. The van der Waals surface area contributed by atoms with Crippen molar-refractivity contribution in [2.45, 2.75) is 26.9 Å². The molecular formula is C11H16O5. The van der Waals surface area contributed by atoms with Crippen molar-refractivity contribution in [2.24, 2.45) is 0 Å². The summed E-state index contributed by atoms with van der Waals surface area (Å²) in [5, 5.41) is 0. The molecule has 0 N–H and O–H groups in total. The zero-order chi connectivity index (χ0) is 12.7. The number of carbonyl (C=O) groups is 2. The van der Waals surface area contributed by atoms with Gasteiger partial charge in [-0.3, -0.25) is 4.89 Å². The minimum atomic E-state index is -0.655. The molecule has 0 heterocycles. The van der Waals surface area contributed by atoms with E-state index < -0.39 is 18.0 Å². The first-order valence-electron chi connectivity index (χ1n) is 4.70.